The Morgan fingerprint density at radius 2 is 1.51 bits per heavy atom. The van der Waals surface area contributed by atoms with Gasteiger partial charge in [0.2, 0.25) is 17.5 Å². The molecule has 2 aromatic carbocycles. The molecule has 0 radical (unpaired) electrons. The van der Waals surface area contributed by atoms with E-state index in [0.29, 0.717) is 0 Å². The van der Waals surface area contributed by atoms with Crippen LogP contribution in [0.15, 0.2) is 39.5 Å². The molecule has 1 aromatic heterocycles. The summed E-state index contributed by atoms with van der Waals surface area (Å²) >= 11 is 0. The standard InChI is InChI=1S/C27H30O16/c1-8-17(33)21(37)25(43-26-22(38)20(36)18(34)15(7-28)41-26)27(39-8)42-24-19(35)16-13(32)5-10(29)6-14(16)40-23(24)9-2-3-11(30)12(31)4-9/h2-6,8,15,17-18,20-22,25-34,36-38H,7H2,1H3/t8-,15+,17-,18+,20-,21+,22+,25+,26-,27+/m0/s1. The van der Waals surface area contributed by atoms with E-state index >= 15 is 0 Å². The van der Waals surface area contributed by atoms with Crippen molar-refractivity contribution in [1.29, 1.82) is 0 Å². The minimum atomic E-state index is -1.91. The van der Waals surface area contributed by atoms with E-state index in [1.54, 1.807) is 0 Å². The molecule has 2 aliphatic heterocycles. The van der Waals surface area contributed by atoms with E-state index in [1.807, 2.05) is 0 Å². The van der Waals surface area contributed by atoms with Gasteiger partial charge >= 0.3 is 0 Å². The Balaban J connectivity index is 1.60. The quantitative estimate of drug-likeness (QED) is 0.140. The first-order valence-electron chi connectivity index (χ1n) is 13.0. The van der Waals surface area contributed by atoms with Crippen molar-refractivity contribution in [3.63, 3.8) is 0 Å². The van der Waals surface area contributed by atoms with Gasteiger partial charge in [0.05, 0.1) is 12.7 Å². The van der Waals surface area contributed by atoms with Gasteiger partial charge in [0.1, 0.15) is 59.1 Å². The minimum absolute atomic E-state index is 0.0250. The molecule has 3 aromatic rings. The molecule has 16 nitrogen and oxygen atoms in total. The van der Waals surface area contributed by atoms with E-state index in [1.165, 1.54) is 13.0 Å². The van der Waals surface area contributed by atoms with E-state index < -0.39 is 108 Å². The zero-order chi connectivity index (χ0) is 31.3. The summed E-state index contributed by atoms with van der Waals surface area (Å²) in [4.78, 5) is 13.7. The van der Waals surface area contributed by atoms with Gasteiger partial charge in [-0.2, -0.15) is 0 Å². The third-order valence-electron chi connectivity index (χ3n) is 7.31. The number of hydrogen-bond acceptors (Lipinski definition) is 16. The molecule has 2 aliphatic rings. The topological polar surface area (TPSA) is 269 Å². The molecule has 10 atom stereocenters. The van der Waals surface area contributed by atoms with E-state index in [4.69, 9.17) is 23.4 Å². The third-order valence-corrected chi connectivity index (χ3v) is 7.31. The number of aromatic hydroxyl groups is 4. The SMILES string of the molecule is C[C@@H]1O[C@H](Oc2c(-c3ccc(O)c(O)c3)oc3cc(O)cc(O)c3c2=O)[C@H](O[C@@H]2O[C@H](CO)[C@@H](O)[C@H](O)[C@H]2O)[C@H](O)[C@H]1O. The molecule has 0 unspecified atom stereocenters. The van der Waals surface area contributed by atoms with Gasteiger partial charge in [0.25, 0.3) is 0 Å². The van der Waals surface area contributed by atoms with E-state index in [2.05, 4.69) is 0 Å². The number of rotatable bonds is 6. The molecule has 10 N–H and O–H groups in total. The highest BCUT2D eigenvalue weighted by molar-refractivity contribution is 5.88. The van der Waals surface area contributed by atoms with Crippen LogP contribution in [0, 0.1) is 0 Å². The molecule has 5 rings (SSSR count). The Morgan fingerprint density at radius 3 is 2.19 bits per heavy atom. The lowest BCUT2D eigenvalue weighted by atomic mass is 9.97. The van der Waals surface area contributed by atoms with Crippen LogP contribution in [0.1, 0.15) is 6.92 Å². The molecule has 0 amide bonds. The molecule has 0 bridgehead atoms. The fraction of sp³-hybridized carbons (Fsp3) is 0.444. The summed E-state index contributed by atoms with van der Waals surface area (Å²) in [5, 5.41) is 101. The maximum atomic E-state index is 13.7. The summed E-state index contributed by atoms with van der Waals surface area (Å²) in [7, 11) is 0. The van der Waals surface area contributed by atoms with Gasteiger partial charge < -0.3 is 74.4 Å². The minimum Gasteiger partial charge on any atom is -0.508 e. The van der Waals surface area contributed by atoms with Gasteiger partial charge in [-0.3, -0.25) is 4.79 Å². The van der Waals surface area contributed by atoms with Crippen LogP contribution in [0.4, 0.5) is 0 Å². The van der Waals surface area contributed by atoms with Crippen LogP contribution in [0.25, 0.3) is 22.3 Å². The Hall–Kier alpha value is -3.71. The second kappa shape index (κ2) is 11.8. The molecular formula is C27H30O16. The summed E-state index contributed by atoms with van der Waals surface area (Å²) in [5.41, 5.74) is -1.33. The lowest BCUT2D eigenvalue weighted by molar-refractivity contribution is -0.355. The normalized spacial score (nSPS) is 33.0. The molecule has 43 heavy (non-hydrogen) atoms. The second-order valence-electron chi connectivity index (χ2n) is 10.2. The predicted octanol–water partition coefficient (Wildman–Crippen LogP) is -1.69. The number of benzene rings is 2. The third kappa shape index (κ3) is 5.55. The number of phenols is 4. The summed E-state index contributed by atoms with van der Waals surface area (Å²) < 4.78 is 28.3. The van der Waals surface area contributed by atoms with Crippen molar-refractivity contribution in [2.75, 3.05) is 6.61 Å². The number of aliphatic hydroxyl groups is 6. The average Bonchev–Trinajstić information content (AvgIpc) is 2.96. The van der Waals surface area contributed by atoms with Crippen LogP contribution in [0.5, 0.6) is 28.7 Å². The van der Waals surface area contributed by atoms with Crippen molar-refractivity contribution in [3.8, 4) is 40.1 Å². The molecule has 16 heteroatoms. The van der Waals surface area contributed by atoms with Crippen molar-refractivity contribution in [2.24, 2.45) is 0 Å². The van der Waals surface area contributed by atoms with Crippen LogP contribution in [-0.4, -0.2) is 119 Å². The Labute approximate surface area is 241 Å². The molecule has 2 saturated heterocycles. The number of hydrogen-bond donors (Lipinski definition) is 10. The van der Waals surface area contributed by atoms with E-state index in [-0.39, 0.29) is 16.9 Å². The molecule has 0 saturated carbocycles. The monoisotopic (exact) mass is 610 g/mol. The molecule has 234 valence electrons. The molecule has 0 spiro atoms. The second-order valence-corrected chi connectivity index (χ2v) is 10.2. The summed E-state index contributed by atoms with van der Waals surface area (Å²) in [6.45, 7) is 0.582. The van der Waals surface area contributed by atoms with Gasteiger partial charge in [-0.05, 0) is 25.1 Å². The van der Waals surface area contributed by atoms with Crippen molar-refractivity contribution in [2.45, 2.75) is 68.3 Å². The molecule has 2 fully saturated rings. The van der Waals surface area contributed by atoms with Gasteiger partial charge in [-0.15, -0.1) is 0 Å². The zero-order valence-corrected chi connectivity index (χ0v) is 22.3. The Bertz CT molecular complexity index is 1540. The number of aliphatic hydroxyl groups excluding tert-OH is 6. The molecule has 0 aliphatic carbocycles. The zero-order valence-electron chi connectivity index (χ0n) is 22.3. The van der Waals surface area contributed by atoms with E-state index in [0.717, 1.165) is 24.3 Å². The highest BCUT2D eigenvalue weighted by Gasteiger charge is 2.51. The smallest absolute Gasteiger partial charge is 0.239 e. The van der Waals surface area contributed by atoms with Crippen molar-refractivity contribution < 1.29 is 74.4 Å². The maximum absolute atomic E-state index is 13.7. The lowest BCUT2D eigenvalue weighted by Crippen LogP contribution is -2.64. The van der Waals surface area contributed by atoms with Crippen molar-refractivity contribution >= 4 is 11.0 Å². The lowest BCUT2D eigenvalue weighted by Gasteiger charge is -2.45. The highest BCUT2D eigenvalue weighted by atomic mass is 16.8. The first kappa shape index (κ1) is 30.7. The predicted molar refractivity (Wildman–Crippen MR) is 140 cm³/mol. The summed E-state index contributed by atoms with van der Waals surface area (Å²) in [5.74, 6) is -3.29. The summed E-state index contributed by atoms with van der Waals surface area (Å²) in [6, 6.07) is 5.27. The van der Waals surface area contributed by atoms with Crippen LogP contribution in [0.3, 0.4) is 0 Å². The van der Waals surface area contributed by atoms with Gasteiger partial charge in [-0.1, -0.05) is 0 Å². The Morgan fingerprint density at radius 1 is 0.791 bits per heavy atom. The molecular weight excluding hydrogens is 580 g/mol. The van der Waals surface area contributed by atoms with Crippen LogP contribution < -0.4 is 10.2 Å². The maximum Gasteiger partial charge on any atom is 0.239 e. The van der Waals surface area contributed by atoms with E-state index in [9.17, 15) is 55.9 Å². The van der Waals surface area contributed by atoms with Gasteiger partial charge in [0, 0.05) is 17.7 Å². The van der Waals surface area contributed by atoms with Crippen molar-refractivity contribution in [1.82, 2.24) is 0 Å². The average molecular weight is 611 g/mol. The van der Waals surface area contributed by atoms with Gasteiger partial charge in [-0.25, -0.2) is 0 Å². The highest BCUT2D eigenvalue weighted by Crippen LogP contribution is 2.40. The van der Waals surface area contributed by atoms with Crippen LogP contribution in [0.2, 0.25) is 0 Å². The van der Waals surface area contributed by atoms with Gasteiger partial charge in [0.15, 0.2) is 29.7 Å². The molecule has 3 heterocycles. The van der Waals surface area contributed by atoms with Crippen LogP contribution in [-0.2, 0) is 14.2 Å². The first-order valence-corrected chi connectivity index (χ1v) is 13.0. The van der Waals surface area contributed by atoms with Crippen molar-refractivity contribution in [3.05, 3.63) is 40.6 Å². The summed E-state index contributed by atoms with van der Waals surface area (Å²) in [6.07, 6.45) is -16.8. The number of fused-ring (bicyclic) bond motifs is 1. The Kier molecular flexibility index (Phi) is 8.41. The number of ether oxygens (including phenoxy) is 4. The fourth-order valence-electron chi connectivity index (χ4n) is 4.92. The fourth-order valence-corrected chi connectivity index (χ4v) is 4.92. The van der Waals surface area contributed by atoms with Crippen LogP contribution >= 0.6 is 0 Å². The first-order chi connectivity index (χ1) is 20.3. The number of phenolic OH excluding ortho intramolecular Hbond substituents is 4. The largest absolute Gasteiger partial charge is 0.508 e.